The van der Waals surface area contributed by atoms with Gasteiger partial charge in [0.2, 0.25) is 0 Å². The molecule has 0 radical (unpaired) electrons. The molecule has 6 nitrogen and oxygen atoms in total. The second-order valence-corrected chi connectivity index (χ2v) is 8.83. The Labute approximate surface area is 153 Å². The number of guanidine groups is 1. The van der Waals surface area contributed by atoms with Gasteiger partial charge in [-0.15, -0.1) is 0 Å². The van der Waals surface area contributed by atoms with Crippen LogP contribution in [0, 0.1) is 0 Å². The Hall–Kier alpha value is -1.60. The lowest BCUT2D eigenvalue weighted by molar-refractivity contribution is 0.172. The molecule has 0 aliphatic carbocycles. The molecule has 2 N–H and O–H groups in total. The Kier molecular flexibility index (Phi) is 9.52. The zero-order valence-corrected chi connectivity index (χ0v) is 16.7. The van der Waals surface area contributed by atoms with E-state index in [2.05, 4.69) is 15.6 Å². The van der Waals surface area contributed by atoms with Gasteiger partial charge in [0.1, 0.15) is 5.75 Å². The minimum absolute atomic E-state index is 0.201. The van der Waals surface area contributed by atoms with Crippen LogP contribution in [0.5, 0.6) is 5.75 Å². The molecule has 1 aromatic carbocycles. The van der Waals surface area contributed by atoms with Crippen molar-refractivity contribution in [3.63, 3.8) is 0 Å². The molecule has 0 aliphatic rings. The summed E-state index contributed by atoms with van der Waals surface area (Å²) in [6.45, 7) is 7.83. The Morgan fingerprint density at radius 2 is 2.04 bits per heavy atom. The fraction of sp³-hybridized carbons (Fsp3) is 0.611. The fourth-order valence-corrected chi connectivity index (χ4v) is 2.84. The van der Waals surface area contributed by atoms with E-state index in [0.29, 0.717) is 31.5 Å². The average Bonchev–Trinajstić information content (AvgIpc) is 2.57. The van der Waals surface area contributed by atoms with Crippen molar-refractivity contribution in [3.8, 4) is 5.75 Å². The predicted molar refractivity (Wildman–Crippen MR) is 106 cm³/mol. The Balaban J connectivity index is 2.48. The molecular formula is C18H31N3O3S. The molecule has 0 amide bonds. The molecule has 0 saturated heterocycles. The van der Waals surface area contributed by atoms with Crippen molar-refractivity contribution < 1.29 is 13.7 Å². The third-order valence-corrected chi connectivity index (χ3v) is 5.29. The zero-order valence-electron chi connectivity index (χ0n) is 15.9. The molecule has 0 fully saturated rings. The van der Waals surface area contributed by atoms with Crippen molar-refractivity contribution in [1.29, 1.82) is 0 Å². The summed E-state index contributed by atoms with van der Waals surface area (Å²) < 4.78 is 22.6. The van der Waals surface area contributed by atoms with Crippen molar-refractivity contribution in [2.75, 3.05) is 45.0 Å². The summed E-state index contributed by atoms with van der Waals surface area (Å²) in [6, 6.07) is 7.71. The Morgan fingerprint density at radius 1 is 1.28 bits per heavy atom. The molecule has 0 saturated carbocycles. The topological polar surface area (TPSA) is 72.0 Å². The number of aliphatic imine (C=N–C) groups is 1. The maximum Gasteiger partial charge on any atom is 0.195 e. The van der Waals surface area contributed by atoms with Crippen molar-refractivity contribution in [3.05, 3.63) is 24.3 Å². The summed E-state index contributed by atoms with van der Waals surface area (Å²) in [5, 5.41) is 6.41. The van der Waals surface area contributed by atoms with E-state index in [9.17, 15) is 4.21 Å². The number of ether oxygens (including phenoxy) is 2. The highest BCUT2D eigenvalue weighted by atomic mass is 32.2. The quantitative estimate of drug-likeness (QED) is 0.398. The van der Waals surface area contributed by atoms with E-state index in [1.54, 1.807) is 14.2 Å². The van der Waals surface area contributed by atoms with Gasteiger partial charge in [-0.2, -0.15) is 0 Å². The van der Waals surface area contributed by atoms with Crippen molar-refractivity contribution >= 4 is 22.4 Å². The van der Waals surface area contributed by atoms with Crippen LogP contribution in [0.4, 0.5) is 5.69 Å². The number of benzene rings is 1. The molecule has 0 heterocycles. The molecule has 0 spiro atoms. The maximum absolute atomic E-state index is 12.1. The van der Waals surface area contributed by atoms with Crippen molar-refractivity contribution in [2.45, 2.75) is 31.9 Å². The van der Waals surface area contributed by atoms with E-state index in [4.69, 9.17) is 9.47 Å². The molecule has 7 heteroatoms. The second kappa shape index (κ2) is 11.1. The summed E-state index contributed by atoms with van der Waals surface area (Å²) >= 11 is 0. The van der Waals surface area contributed by atoms with Gasteiger partial charge in [0.25, 0.3) is 0 Å². The zero-order chi connectivity index (χ0) is 18.7. The van der Waals surface area contributed by atoms with Crippen LogP contribution in [0.2, 0.25) is 0 Å². The minimum Gasteiger partial charge on any atom is -0.493 e. The van der Waals surface area contributed by atoms with Crippen LogP contribution in [0.3, 0.4) is 0 Å². The van der Waals surface area contributed by atoms with Gasteiger partial charge in [0.15, 0.2) is 5.96 Å². The predicted octanol–water partition coefficient (Wildman–Crippen LogP) is 2.64. The van der Waals surface area contributed by atoms with Crippen LogP contribution in [-0.2, 0) is 15.5 Å². The lowest BCUT2D eigenvalue weighted by Gasteiger charge is -2.18. The fourth-order valence-electron chi connectivity index (χ4n) is 1.94. The third kappa shape index (κ3) is 8.88. The number of hydrogen-bond acceptors (Lipinski definition) is 4. The van der Waals surface area contributed by atoms with E-state index in [1.165, 1.54) is 0 Å². The highest BCUT2D eigenvalue weighted by molar-refractivity contribution is 7.86. The first-order chi connectivity index (χ1) is 11.9. The van der Waals surface area contributed by atoms with Gasteiger partial charge in [-0.3, -0.25) is 9.20 Å². The van der Waals surface area contributed by atoms with Crippen LogP contribution < -0.4 is 15.4 Å². The smallest absolute Gasteiger partial charge is 0.195 e. The standard InChI is InChI=1S/C18H31N3O3S/c1-18(2,3)25(22)13-10-20-17(19-4)21-15-8-6-9-16(14-15)24-12-7-11-23-5/h6,8-9,14H,7,10-13H2,1-5H3,(H2,19,20,21). The highest BCUT2D eigenvalue weighted by Crippen LogP contribution is 2.17. The first-order valence-electron chi connectivity index (χ1n) is 8.44. The number of methoxy groups -OCH3 is 1. The van der Waals surface area contributed by atoms with Crippen molar-refractivity contribution in [2.24, 2.45) is 4.99 Å². The van der Waals surface area contributed by atoms with Crippen LogP contribution in [0.15, 0.2) is 29.3 Å². The Bertz CT molecular complexity index is 571. The third-order valence-electron chi connectivity index (χ3n) is 3.34. The summed E-state index contributed by atoms with van der Waals surface area (Å²) in [5.41, 5.74) is 0.884. The summed E-state index contributed by atoms with van der Waals surface area (Å²) in [7, 11) is 2.50. The number of anilines is 1. The van der Waals surface area contributed by atoms with Crippen molar-refractivity contribution in [1.82, 2.24) is 5.32 Å². The molecule has 1 aromatic rings. The van der Waals surface area contributed by atoms with E-state index in [0.717, 1.165) is 17.9 Å². The van der Waals surface area contributed by atoms with Crippen LogP contribution >= 0.6 is 0 Å². The first-order valence-corrected chi connectivity index (χ1v) is 9.76. The molecular weight excluding hydrogens is 338 g/mol. The molecule has 0 aromatic heterocycles. The Morgan fingerprint density at radius 3 is 2.68 bits per heavy atom. The van der Waals surface area contributed by atoms with Gasteiger partial charge in [-0.1, -0.05) is 6.07 Å². The van der Waals surface area contributed by atoms with Gasteiger partial charge in [0, 0.05) is 66.8 Å². The number of nitrogens with zero attached hydrogens (tertiary/aromatic N) is 1. The van der Waals surface area contributed by atoms with Crippen LogP contribution in [-0.4, -0.2) is 54.6 Å². The van der Waals surface area contributed by atoms with Gasteiger partial charge in [0.05, 0.1) is 6.61 Å². The lowest BCUT2D eigenvalue weighted by atomic mass is 10.3. The molecule has 1 rings (SSSR count). The molecule has 25 heavy (non-hydrogen) atoms. The minimum atomic E-state index is -0.887. The van der Waals surface area contributed by atoms with Gasteiger partial charge < -0.3 is 20.1 Å². The molecule has 1 atom stereocenters. The normalized spacial score (nSPS) is 13.4. The van der Waals surface area contributed by atoms with Gasteiger partial charge >= 0.3 is 0 Å². The highest BCUT2D eigenvalue weighted by Gasteiger charge is 2.18. The average molecular weight is 370 g/mol. The molecule has 0 aliphatic heterocycles. The monoisotopic (exact) mass is 369 g/mol. The number of rotatable bonds is 9. The molecule has 1 unspecified atom stereocenters. The largest absolute Gasteiger partial charge is 0.493 e. The lowest BCUT2D eigenvalue weighted by Crippen LogP contribution is -2.36. The first kappa shape index (κ1) is 21.4. The number of nitrogens with one attached hydrogen (secondary N) is 2. The van der Waals surface area contributed by atoms with Gasteiger partial charge in [-0.05, 0) is 32.9 Å². The summed E-state index contributed by atoms with van der Waals surface area (Å²) in [5.74, 6) is 2.01. The summed E-state index contributed by atoms with van der Waals surface area (Å²) in [4.78, 5) is 4.20. The van der Waals surface area contributed by atoms with Gasteiger partial charge in [-0.25, -0.2) is 0 Å². The maximum atomic E-state index is 12.1. The van der Waals surface area contributed by atoms with Crippen LogP contribution in [0.1, 0.15) is 27.2 Å². The molecule has 0 bridgehead atoms. The van der Waals surface area contributed by atoms with Crippen LogP contribution in [0.25, 0.3) is 0 Å². The molecule has 142 valence electrons. The van der Waals surface area contributed by atoms with E-state index >= 15 is 0 Å². The summed E-state index contributed by atoms with van der Waals surface area (Å²) in [6.07, 6.45) is 0.850. The van der Waals surface area contributed by atoms with E-state index in [1.807, 2.05) is 45.0 Å². The SMILES string of the molecule is CN=C(NCCS(=O)C(C)(C)C)Nc1cccc(OCCCOC)c1. The van der Waals surface area contributed by atoms with E-state index < -0.39 is 10.8 Å². The second-order valence-electron chi connectivity index (χ2n) is 6.51. The van der Waals surface area contributed by atoms with E-state index in [-0.39, 0.29) is 4.75 Å². The number of hydrogen-bond donors (Lipinski definition) is 2.